The molecule has 0 spiro atoms. The number of nitriles is 1. The Balaban J connectivity index is 1.10. The van der Waals surface area contributed by atoms with Crippen molar-refractivity contribution in [1.29, 1.82) is 5.26 Å². The first kappa shape index (κ1) is 23.6. The number of aromatic nitrogens is 4. The molecule has 0 bridgehead atoms. The zero-order valence-corrected chi connectivity index (χ0v) is 20.5. The second kappa shape index (κ2) is 9.90. The number of hydrogen-bond acceptors (Lipinski definition) is 7. The molecule has 1 saturated carbocycles. The Morgan fingerprint density at radius 1 is 1.05 bits per heavy atom. The van der Waals surface area contributed by atoms with Gasteiger partial charge in [0, 0.05) is 37.7 Å². The number of carbonyl (C=O) groups is 1. The van der Waals surface area contributed by atoms with Crippen LogP contribution in [0.4, 0.5) is 10.2 Å². The molecule has 2 aromatic heterocycles. The SMILES string of the molecule is N#Cc1cc(F)cc([C@@H]2CCON2C(=O)C2CCN(c3cc(-n4cnc(CC5CC5)c4)ncn3)CC2)c1. The van der Waals surface area contributed by atoms with Crippen LogP contribution < -0.4 is 4.90 Å². The normalized spacial score (nSPS) is 20.3. The highest BCUT2D eigenvalue weighted by Gasteiger charge is 2.37. The summed E-state index contributed by atoms with van der Waals surface area (Å²) in [7, 11) is 0. The van der Waals surface area contributed by atoms with Crippen LogP contribution in [0.3, 0.4) is 0 Å². The first-order valence-corrected chi connectivity index (χ1v) is 12.8. The molecule has 1 amide bonds. The molecule has 2 saturated heterocycles. The number of benzene rings is 1. The van der Waals surface area contributed by atoms with Gasteiger partial charge < -0.3 is 4.90 Å². The number of amides is 1. The van der Waals surface area contributed by atoms with Gasteiger partial charge in [0.05, 0.1) is 30.0 Å². The third-order valence-corrected chi connectivity index (χ3v) is 7.46. The summed E-state index contributed by atoms with van der Waals surface area (Å²) in [5.41, 5.74) is 1.92. The number of halogens is 1. The highest BCUT2D eigenvalue weighted by atomic mass is 19.1. The standard InChI is InChI=1S/C27H28FN7O2/c28-22-10-19(14-29)9-21(12-22)24-5-8-37-35(24)27(36)20-3-6-33(7-4-20)25-13-26(31-16-30-25)34-15-23(32-17-34)11-18-1-2-18/h9-10,12-13,15-18,20,24H,1-8,11H2/t24-/m0/s1. The lowest BCUT2D eigenvalue weighted by Crippen LogP contribution is -2.42. The van der Waals surface area contributed by atoms with Crippen molar-refractivity contribution >= 4 is 11.7 Å². The molecule has 4 heterocycles. The maximum atomic E-state index is 14.0. The minimum absolute atomic E-state index is 0.0881. The summed E-state index contributed by atoms with van der Waals surface area (Å²) >= 11 is 0. The van der Waals surface area contributed by atoms with Crippen molar-refractivity contribution in [2.75, 3.05) is 24.6 Å². The van der Waals surface area contributed by atoms with Crippen molar-refractivity contribution in [3.8, 4) is 11.9 Å². The van der Waals surface area contributed by atoms with E-state index in [1.807, 2.05) is 22.9 Å². The van der Waals surface area contributed by atoms with Crippen LogP contribution in [0.1, 0.15) is 55.0 Å². The van der Waals surface area contributed by atoms with Crippen molar-refractivity contribution in [2.45, 2.75) is 44.6 Å². The Morgan fingerprint density at radius 3 is 2.65 bits per heavy atom. The smallest absolute Gasteiger partial charge is 0.249 e. The van der Waals surface area contributed by atoms with E-state index < -0.39 is 11.9 Å². The van der Waals surface area contributed by atoms with Crippen molar-refractivity contribution in [3.63, 3.8) is 0 Å². The molecular weight excluding hydrogens is 473 g/mol. The fraction of sp³-hybridized carbons (Fsp3) is 0.444. The Hall–Kier alpha value is -3.84. The molecule has 10 heteroatoms. The molecule has 1 atom stereocenters. The lowest BCUT2D eigenvalue weighted by atomic mass is 9.94. The van der Waals surface area contributed by atoms with Crippen LogP contribution in [0.5, 0.6) is 0 Å². The van der Waals surface area contributed by atoms with Gasteiger partial charge in [0.1, 0.15) is 30.1 Å². The minimum atomic E-state index is -0.485. The van der Waals surface area contributed by atoms with Gasteiger partial charge in [-0.05, 0) is 61.8 Å². The monoisotopic (exact) mass is 501 g/mol. The number of piperidine rings is 1. The van der Waals surface area contributed by atoms with Gasteiger partial charge >= 0.3 is 0 Å². The number of nitrogens with zero attached hydrogens (tertiary/aromatic N) is 7. The number of hydrogen-bond donors (Lipinski definition) is 0. The van der Waals surface area contributed by atoms with E-state index in [1.54, 1.807) is 18.7 Å². The molecule has 9 nitrogen and oxygen atoms in total. The number of hydroxylamine groups is 2. The molecular formula is C27H28FN7O2. The first-order chi connectivity index (χ1) is 18.1. The van der Waals surface area contributed by atoms with Crippen molar-refractivity contribution in [2.24, 2.45) is 11.8 Å². The predicted molar refractivity (Wildman–Crippen MR) is 132 cm³/mol. The molecule has 2 aliphatic heterocycles. The van der Waals surface area contributed by atoms with Crippen molar-refractivity contribution in [1.82, 2.24) is 24.6 Å². The van der Waals surface area contributed by atoms with E-state index in [0.717, 1.165) is 29.7 Å². The van der Waals surface area contributed by atoms with E-state index in [0.29, 0.717) is 44.5 Å². The fourth-order valence-corrected chi connectivity index (χ4v) is 5.26. The van der Waals surface area contributed by atoms with E-state index in [9.17, 15) is 14.4 Å². The fourth-order valence-electron chi connectivity index (χ4n) is 5.26. The molecule has 3 fully saturated rings. The largest absolute Gasteiger partial charge is 0.356 e. The molecule has 1 aliphatic carbocycles. The molecule has 1 aromatic carbocycles. The average molecular weight is 502 g/mol. The molecule has 190 valence electrons. The second-order valence-corrected chi connectivity index (χ2v) is 10.1. The molecule has 0 radical (unpaired) electrons. The molecule has 6 rings (SSSR count). The van der Waals surface area contributed by atoms with Gasteiger partial charge in [-0.1, -0.05) is 0 Å². The Kier molecular flexibility index (Phi) is 6.30. The van der Waals surface area contributed by atoms with E-state index >= 15 is 0 Å². The van der Waals surface area contributed by atoms with E-state index in [4.69, 9.17) is 4.84 Å². The van der Waals surface area contributed by atoms with Gasteiger partial charge in [0.25, 0.3) is 0 Å². The Morgan fingerprint density at radius 2 is 1.86 bits per heavy atom. The zero-order chi connectivity index (χ0) is 25.4. The highest BCUT2D eigenvalue weighted by molar-refractivity contribution is 5.79. The summed E-state index contributed by atoms with van der Waals surface area (Å²) in [6, 6.07) is 7.75. The summed E-state index contributed by atoms with van der Waals surface area (Å²) in [5.74, 6) is 1.61. The maximum Gasteiger partial charge on any atom is 0.249 e. The highest BCUT2D eigenvalue weighted by Crippen LogP contribution is 2.35. The average Bonchev–Trinajstić information content (AvgIpc) is 3.39. The van der Waals surface area contributed by atoms with Crippen LogP contribution in [-0.2, 0) is 16.1 Å². The molecule has 3 aromatic rings. The van der Waals surface area contributed by atoms with E-state index in [-0.39, 0.29) is 17.4 Å². The van der Waals surface area contributed by atoms with Crippen LogP contribution in [0.15, 0.2) is 43.1 Å². The Labute approximate surface area is 214 Å². The van der Waals surface area contributed by atoms with Crippen molar-refractivity contribution < 1.29 is 14.0 Å². The topological polar surface area (TPSA) is 100 Å². The predicted octanol–water partition coefficient (Wildman–Crippen LogP) is 3.75. The minimum Gasteiger partial charge on any atom is -0.356 e. The molecule has 0 unspecified atom stereocenters. The lowest BCUT2D eigenvalue weighted by Gasteiger charge is -2.34. The van der Waals surface area contributed by atoms with Gasteiger partial charge in [0.15, 0.2) is 0 Å². The van der Waals surface area contributed by atoms with Gasteiger partial charge in [-0.3, -0.25) is 14.2 Å². The van der Waals surface area contributed by atoms with Gasteiger partial charge in [-0.15, -0.1) is 0 Å². The number of carbonyl (C=O) groups excluding carboxylic acids is 1. The van der Waals surface area contributed by atoms with Gasteiger partial charge in [-0.2, -0.15) is 5.26 Å². The molecule has 3 aliphatic rings. The number of imidazole rings is 1. The van der Waals surface area contributed by atoms with Gasteiger partial charge in [0.2, 0.25) is 5.91 Å². The van der Waals surface area contributed by atoms with Crippen molar-refractivity contribution in [3.05, 3.63) is 65.8 Å². The maximum absolute atomic E-state index is 14.0. The second-order valence-electron chi connectivity index (χ2n) is 10.1. The zero-order valence-electron chi connectivity index (χ0n) is 20.5. The summed E-state index contributed by atoms with van der Waals surface area (Å²) < 4.78 is 16.0. The lowest BCUT2D eigenvalue weighted by molar-refractivity contribution is -0.182. The van der Waals surface area contributed by atoms with Crippen LogP contribution in [0.25, 0.3) is 5.82 Å². The summed E-state index contributed by atoms with van der Waals surface area (Å²) in [4.78, 5) is 34.7. The number of rotatable bonds is 6. The summed E-state index contributed by atoms with van der Waals surface area (Å²) in [5, 5.41) is 10.6. The Bertz CT molecular complexity index is 1340. The third-order valence-electron chi connectivity index (χ3n) is 7.46. The van der Waals surface area contributed by atoms with Crippen LogP contribution in [0.2, 0.25) is 0 Å². The third kappa shape index (κ3) is 5.04. The summed E-state index contributed by atoms with van der Waals surface area (Å²) in [6.45, 7) is 1.75. The van der Waals surface area contributed by atoms with E-state index in [2.05, 4.69) is 19.9 Å². The van der Waals surface area contributed by atoms with Gasteiger partial charge in [-0.25, -0.2) is 24.4 Å². The van der Waals surface area contributed by atoms with Crippen LogP contribution in [0, 0.1) is 29.0 Å². The summed E-state index contributed by atoms with van der Waals surface area (Å²) in [6.07, 6.45) is 10.9. The molecule has 37 heavy (non-hydrogen) atoms. The quantitative estimate of drug-likeness (QED) is 0.507. The van der Waals surface area contributed by atoms with Crippen LogP contribution in [-0.4, -0.2) is 50.2 Å². The van der Waals surface area contributed by atoms with Crippen LogP contribution >= 0.6 is 0 Å². The van der Waals surface area contributed by atoms with E-state index in [1.165, 1.54) is 30.0 Å². The first-order valence-electron chi connectivity index (χ1n) is 12.8. The molecule has 0 N–H and O–H groups in total. The number of anilines is 1.